The highest BCUT2D eigenvalue weighted by molar-refractivity contribution is 5.72. The van der Waals surface area contributed by atoms with E-state index in [2.05, 4.69) is 6.92 Å². The van der Waals surface area contributed by atoms with Crippen LogP contribution in [0.4, 0.5) is 0 Å². The fourth-order valence-corrected chi connectivity index (χ4v) is 8.86. The number of fused-ring (bicyclic) bond motifs is 3. The first-order valence-corrected chi connectivity index (χ1v) is 13.0. The molecule has 4 N–H and O–H groups in total. The van der Waals surface area contributed by atoms with Gasteiger partial charge >= 0.3 is 11.9 Å². The van der Waals surface area contributed by atoms with E-state index in [0.29, 0.717) is 17.9 Å². The number of carboxylic acid groups (broad SMARTS) is 2. The normalized spacial score (nSPS) is 37.4. The second kappa shape index (κ2) is 7.71. The predicted molar refractivity (Wildman–Crippen MR) is 127 cm³/mol. The second-order valence-corrected chi connectivity index (χ2v) is 12.1. The third kappa shape index (κ3) is 3.03. The lowest BCUT2D eigenvalue weighted by Gasteiger charge is -2.57. The lowest BCUT2D eigenvalue weighted by molar-refractivity contribution is -0.142. The molecule has 34 heavy (non-hydrogen) atoms. The van der Waals surface area contributed by atoms with Crippen molar-refractivity contribution in [2.75, 3.05) is 0 Å². The van der Waals surface area contributed by atoms with Crippen molar-refractivity contribution in [2.45, 2.75) is 96.5 Å². The molecule has 0 spiro atoms. The van der Waals surface area contributed by atoms with E-state index in [1.54, 1.807) is 13.8 Å². The van der Waals surface area contributed by atoms with Gasteiger partial charge in [0.1, 0.15) is 5.75 Å². The van der Waals surface area contributed by atoms with Gasteiger partial charge in [-0.05, 0) is 110 Å². The van der Waals surface area contributed by atoms with Crippen LogP contribution in [-0.4, -0.2) is 38.0 Å². The molecule has 0 radical (unpaired) electrons. The molecule has 3 saturated carbocycles. The van der Waals surface area contributed by atoms with Crippen molar-refractivity contribution in [2.24, 2.45) is 28.6 Å². The second-order valence-electron chi connectivity index (χ2n) is 12.1. The Morgan fingerprint density at radius 3 is 2.15 bits per heavy atom. The Labute approximate surface area is 201 Å². The summed E-state index contributed by atoms with van der Waals surface area (Å²) in [6, 6.07) is 1.83. The molecule has 2 bridgehead atoms. The molecule has 5 atom stereocenters. The molecule has 0 aliphatic heterocycles. The molecule has 4 aliphatic carbocycles. The lowest BCUT2D eigenvalue weighted by atomic mass is 9.47. The van der Waals surface area contributed by atoms with Crippen molar-refractivity contribution < 1.29 is 30.0 Å². The van der Waals surface area contributed by atoms with Crippen LogP contribution in [0.25, 0.3) is 0 Å². The number of phenols is 1. The minimum atomic E-state index is -0.921. The zero-order valence-electron chi connectivity index (χ0n) is 20.6. The van der Waals surface area contributed by atoms with Crippen LogP contribution in [0.3, 0.4) is 0 Å². The maximum Gasteiger partial charge on any atom is 0.306 e. The molecule has 0 amide bonds. The zero-order chi connectivity index (χ0) is 24.6. The quantitative estimate of drug-likeness (QED) is 0.480. The number of aryl methyl sites for hydroxylation is 1. The number of carbonyl (C=O) groups is 2. The Hall–Kier alpha value is -2.08. The first-order valence-electron chi connectivity index (χ1n) is 13.0. The number of phenolic OH excluding ortho intramolecular Hbond substituents is 1. The number of aliphatic carboxylic acids is 2. The molecule has 6 heteroatoms. The van der Waals surface area contributed by atoms with Crippen molar-refractivity contribution in [1.82, 2.24) is 0 Å². The van der Waals surface area contributed by atoms with Gasteiger partial charge in [0.2, 0.25) is 0 Å². The van der Waals surface area contributed by atoms with Crippen molar-refractivity contribution in [3.63, 3.8) is 0 Å². The van der Waals surface area contributed by atoms with E-state index in [4.69, 9.17) is 0 Å². The van der Waals surface area contributed by atoms with Crippen LogP contribution in [0, 0.1) is 28.6 Å². The standard InChI is InChI=1S/C28H38O6/c1-15(24(30)31)12-19-20(13-16(2)25(32)33)23-17(14-22(19)29)4-5-21-18(23)6-7-26(3)27(21)8-10-28(26,34)11-9-27/h14-16,18,21,29,34H,4-13H2,1-3H3,(H,30,31)(H,32,33)/t15?,16?,18-,21+,26-,27-,28+/m0/s1. The Bertz CT molecular complexity index is 1040. The molecular formula is C28H38O6. The average molecular weight is 471 g/mol. The van der Waals surface area contributed by atoms with Gasteiger partial charge in [-0.25, -0.2) is 0 Å². The van der Waals surface area contributed by atoms with Crippen molar-refractivity contribution >= 4 is 11.9 Å². The summed E-state index contributed by atoms with van der Waals surface area (Å²) >= 11 is 0. The zero-order valence-corrected chi connectivity index (χ0v) is 20.6. The van der Waals surface area contributed by atoms with Gasteiger partial charge in [-0.15, -0.1) is 0 Å². The maximum atomic E-state index is 11.8. The molecule has 4 aliphatic rings. The molecule has 0 aromatic heterocycles. The van der Waals surface area contributed by atoms with Gasteiger partial charge in [0.05, 0.1) is 17.4 Å². The number of benzene rings is 1. The van der Waals surface area contributed by atoms with Crippen LogP contribution in [0.15, 0.2) is 6.07 Å². The van der Waals surface area contributed by atoms with Crippen molar-refractivity contribution in [3.05, 3.63) is 28.3 Å². The largest absolute Gasteiger partial charge is 0.508 e. The summed E-state index contributed by atoms with van der Waals surface area (Å²) in [6.45, 7) is 5.63. The van der Waals surface area contributed by atoms with Gasteiger partial charge in [-0.3, -0.25) is 9.59 Å². The molecule has 2 unspecified atom stereocenters. The van der Waals surface area contributed by atoms with Crippen molar-refractivity contribution in [3.8, 4) is 5.75 Å². The predicted octanol–water partition coefficient (Wildman–Crippen LogP) is 4.67. The van der Waals surface area contributed by atoms with Gasteiger partial charge in [-0.1, -0.05) is 20.8 Å². The van der Waals surface area contributed by atoms with Gasteiger partial charge in [-0.2, -0.15) is 0 Å². The van der Waals surface area contributed by atoms with Gasteiger partial charge in [0.15, 0.2) is 0 Å². The third-order valence-corrected chi connectivity index (χ3v) is 10.9. The minimum absolute atomic E-state index is 0.0647. The Morgan fingerprint density at radius 2 is 1.56 bits per heavy atom. The monoisotopic (exact) mass is 470 g/mol. The number of aliphatic hydroxyl groups is 1. The molecular weight excluding hydrogens is 432 g/mol. The van der Waals surface area contributed by atoms with E-state index in [1.165, 1.54) is 5.56 Å². The molecule has 5 rings (SSSR count). The summed E-state index contributed by atoms with van der Waals surface area (Å²) in [5, 5.41) is 41.7. The van der Waals surface area contributed by atoms with Crippen LogP contribution >= 0.6 is 0 Å². The topological polar surface area (TPSA) is 115 Å². The first kappa shape index (κ1) is 23.7. The van der Waals surface area contributed by atoms with E-state index in [1.807, 2.05) is 6.07 Å². The number of aromatic hydroxyl groups is 1. The van der Waals surface area contributed by atoms with E-state index < -0.39 is 29.4 Å². The number of rotatable bonds is 6. The highest BCUT2D eigenvalue weighted by Crippen LogP contribution is 2.77. The van der Waals surface area contributed by atoms with Crippen LogP contribution in [-0.2, 0) is 28.9 Å². The van der Waals surface area contributed by atoms with Crippen LogP contribution in [0.5, 0.6) is 5.75 Å². The Kier molecular flexibility index (Phi) is 5.36. The third-order valence-electron chi connectivity index (χ3n) is 10.9. The van der Waals surface area contributed by atoms with Crippen LogP contribution in [0.1, 0.15) is 93.9 Å². The number of hydrogen-bond acceptors (Lipinski definition) is 4. The van der Waals surface area contributed by atoms with Gasteiger partial charge < -0.3 is 20.4 Å². The van der Waals surface area contributed by atoms with E-state index in [-0.39, 0.29) is 28.9 Å². The highest BCUT2D eigenvalue weighted by Gasteiger charge is 2.73. The van der Waals surface area contributed by atoms with E-state index in [0.717, 1.165) is 62.5 Å². The van der Waals surface area contributed by atoms with E-state index >= 15 is 0 Å². The van der Waals surface area contributed by atoms with Crippen LogP contribution < -0.4 is 0 Å². The van der Waals surface area contributed by atoms with Crippen molar-refractivity contribution in [1.29, 1.82) is 0 Å². The fraction of sp³-hybridized carbons (Fsp3) is 0.714. The molecule has 6 nitrogen and oxygen atoms in total. The number of hydrogen-bond donors (Lipinski definition) is 4. The molecule has 186 valence electrons. The maximum absolute atomic E-state index is 11.8. The van der Waals surface area contributed by atoms with Gasteiger partial charge in [0, 0.05) is 5.41 Å². The highest BCUT2D eigenvalue weighted by atomic mass is 16.4. The molecule has 0 saturated heterocycles. The fourth-order valence-electron chi connectivity index (χ4n) is 8.86. The SMILES string of the molecule is CC(Cc1c(O)cc2c(c1CC(C)C(=O)O)[C@H]1CC[C@]3(C)[C@]4(O)CC[C@@]3(CC4)[C@@H]1CC2)C(=O)O. The summed E-state index contributed by atoms with van der Waals surface area (Å²) in [4.78, 5) is 23.5. The Balaban J connectivity index is 1.64. The molecule has 0 heterocycles. The van der Waals surface area contributed by atoms with E-state index in [9.17, 15) is 30.0 Å². The summed E-state index contributed by atoms with van der Waals surface area (Å²) in [5.74, 6) is -2.29. The van der Waals surface area contributed by atoms with Crippen LogP contribution in [0.2, 0.25) is 0 Å². The summed E-state index contributed by atoms with van der Waals surface area (Å²) in [7, 11) is 0. The first-order chi connectivity index (χ1) is 15.9. The number of carboxylic acids is 2. The Morgan fingerprint density at radius 1 is 0.971 bits per heavy atom. The van der Waals surface area contributed by atoms with Gasteiger partial charge in [0.25, 0.3) is 0 Å². The lowest BCUT2D eigenvalue weighted by Crippen LogP contribution is -2.52. The summed E-state index contributed by atoms with van der Waals surface area (Å²) < 4.78 is 0. The average Bonchev–Trinajstić information content (AvgIpc) is 3.16. The smallest absolute Gasteiger partial charge is 0.306 e. The summed E-state index contributed by atoms with van der Waals surface area (Å²) in [5.41, 5.74) is 3.27. The minimum Gasteiger partial charge on any atom is -0.508 e. The molecule has 1 aromatic carbocycles. The summed E-state index contributed by atoms with van der Waals surface area (Å²) in [6.07, 6.45) is 8.12. The molecule has 3 fully saturated rings. The molecule has 1 aromatic rings.